The molecule has 16 heavy (non-hydrogen) atoms. The highest BCUT2D eigenvalue weighted by Crippen LogP contribution is 2.33. The molecule has 1 atom stereocenters. The van der Waals surface area contributed by atoms with Crippen LogP contribution in [-0.4, -0.2) is 22.2 Å². The van der Waals surface area contributed by atoms with Crippen molar-refractivity contribution in [1.82, 2.24) is 0 Å². The van der Waals surface area contributed by atoms with Crippen molar-refractivity contribution < 1.29 is 5.11 Å². The van der Waals surface area contributed by atoms with E-state index in [2.05, 4.69) is 0 Å². The average molecular weight is 237 g/mol. The Morgan fingerprint density at radius 1 is 1.25 bits per heavy atom. The van der Waals surface area contributed by atoms with Gasteiger partial charge in [-0.15, -0.1) is 0 Å². The standard InChI is InChI=1S/C13H19NOS/c14-12(11-4-2-1-3-5-11)10-13(15)6-8-16-9-7-13/h1-5,12,15H,6-10,14H2. The van der Waals surface area contributed by atoms with Crippen LogP contribution >= 0.6 is 11.8 Å². The van der Waals surface area contributed by atoms with Gasteiger partial charge in [-0.25, -0.2) is 0 Å². The second kappa shape index (κ2) is 5.21. The van der Waals surface area contributed by atoms with Crippen LogP contribution in [-0.2, 0) is 0 Å². The second-order valence-electron chi connectivity index (χ2n) is 4.56. The van der Waals surface area contributed by atoms with Crippen LogP contribution in [0.15, 0.2) is 30.3 Å². The summed E-state index contributed by atoms with van der Waals surface area (Å²) in [7, 11) is 0. The van der Waals surface area contributed by atoms with Crippen molar-refractivity contribution in [3.63, 3.8) is 0 Å². The zero-order valence-electron chi connectivity index (χ0n) is 9.43. The van der Waals surface area contributed by atoms with Crippen molar-refractivity contribution in [2.24, 2.45) is 5.73 Å². The first kappa shape index (κ1) is 12.0. The Balaban J connectivity index is 1.98. The van der Waals surface area contributed by atoms with Gasteiger partial charge in [-0.3, -0.25) is 0 Å². The van der Waals surface area contributed by atoms with E-state index >= 15 is 0 Å². The summed E-state index contributed by atoms with van der Waals surface area (Å²) in [6.07, 6.45) is 2.42. The van der Waals surface area contributed by atoms with Crippen molar-refractivity contribution in [2.75, 3.05) is 11.5 Å². The minimum atomic E-state index is -0.541. The molecule has 1 aromatic carbocycles. The number of hydrogen-bond acceptors (Lipinski definition) is 3. The van der Waals surface area contributed by atoms with Gasteiger partial charge in [0.05, 0.1) is 5.60 Å². The Morgan fingerprint density at radius 2 is 1.88 bits per heavy atom. The predicted molar refractivity (Wildman–Crippen MR) is 69.5 cm³/mol. The van der Waals surface area contributed by atoms with E-state index < -0.39 is 5.60 Å². The highest BCUT2D eigenvalue weighted by molar-refractivity contribution is 7.99. The molecular weight excluding hydrogens is 218 g/mol. The molecular formula is C13H19NOS. The van der Waals surface area contributed by atoms with Crippen molar-refractivity contribution in [1.29, 1.82) is 0 Å². The quantitative estimate of drug-likeness (QED) is 0.848. The Hall–Kier alpha value is -0.510. The van der Waals surface area contributed by atoms with Crippen LogP contribution in [0.1, 0.15) is 30.9 Å². The number of thioether (sulfide) groups is 1. The third-order valence-corrected chi connectivity index (χ3v) is 4.24. The van der Waals surface area contributed by atoms with Crippen LogP contribution in [0.3, 0.4) is 0 Å². The van der Waals surface area contributed by atoms with Gasteiger partial charge in [0, 0.05) is 6.04 Å². The summed E-state index contributed by atoms with van der Waals surface area (Å²) < 4.78 is 0. The van der Waals surface area contributed by atoms with Crippen molar-refractivity contribution in [2.45, 2.75) is 30.9 Å². The number of benzene rings is 1. The minimum Gasteiger partial charge on any atom is -0.390 e. The molecule has 0 bridgehead atoms. The first-order valence-corrected chi connectivity index (χ1v) is 6.96. The van der Waals surface area contributed by atoms with Gasteiger partial charge in [0.1, 0.15) is 0 Å². The Morgan fingerprint density at radius 3 is 2.50 bits per heavy atom. The van der Waals surface area contributed by atoms with E-state index in [-0.39, 0.29) is 6.04 Å². The van der Waals surface area contributed by atoms with Crippen LogP contribution in [0.2, 0.25) is 0 Å². The molecule has 0 aromatic heterocycles. The Kier molecular flexibility index (Phi) is 3.90. The molecule has 3 heteroatoms. The third-order valence-electron chi connectivity index (χ3n) is 3.25. The zero-order chi connectivity index (χ0) is 11.4. The summed E-state index contributed by atoms with van der Waals surface area (Å²) in [5.74, 6) is 2.11. The summed E-state index contributed by atoms with van der Waals surface area (Å²) in [5.41, 5.74) is 6.72. The van der Waals surface area contributed by atoms with E-state index in [1.807, 2.05) is 42.1 Å². The molecule has 1 unspecified atom stereocenters. The van der Waals surface area contributed by atoms with Crippen LogP contribution < -0.4 is 5.73 Å². The number of hydrogen-bond donors (Lipinski definition) is 2. The molecule has 0 saturated carbocycles. The third kappa shape index (κ3) is 3.00. The van der Waals surface area contributed by atoms with Crippen LogP contribution in [0.5, 0.6) is 0 Å². The molecule has 1 aliphatic rings. The minimum absolute atomic E-state index is 0.0469. The van der Waals surface area contributed by atoms with Gasteiger partial charge in [0.25, 0.3) is 0 Å². The lowest BCUT2D eigenvalue weighted by atomic mass is 9.87. The monoisotopic (exact) mass is 237 g/mol. The van der Waals surface area contributed by atoms with E-state index in [1.54, 1.807) is 0 Å². The number of aliphatic hydroxyl groups is 1. The fourth-order valence-electron chi connectivity index (χ4n) is 2.18. The molecule has 1 heterocycles. The largest absolute Gasteiger partial charge is 0.390 e. The summed E-state index contributed by atoms with van der Waals surface area (Å²) >= 11 is 1.92. The van der Waals surface area contributed by atoms with Gasteiger partial charge in [-0.2, -0.15) is 11.8 Å². The maximum absolute atomic E-state index is 10.4. The van der Waals surface area contributed by atoms with Crippen molar-refractivity contribution >= 4 is 11.8 Å². The maximum atomic E-state index is 10.4. The predicted octanol–water partition coefficient (Wildman–Crippen LogP) is 2.33. The molecule has 1 aliphatic heterocycles. The van der Waals surface area contributed by atoms with E-state index in [0.29, 0.717) is 6.42 Å². The molecule has 88 valence electrons. The van der Waals surface area contributed by atoms with Gasteiger partial charge < -0.3 is 10.8 Å². The fourth-order valence-corrected chi connectivity index (χ4v) is 3.44. The first-order valence-electron chi connectivity index (χ1n) is 5.80. The van der Waals surface area contributed by atoms with E-state index in [0.717, 1.165) is 29.9 Å². The summed E-state index contributed by atoms with van der Waals surface area (Å²) in [4.78, 5) is 0. The normalized spacial score (nSPS) is 21.6. The lowest BCUT2D eigenvalue weighted by Crippen LogP contribution is -2.36. The van der Waals surface area contributed by atoms with Crippen LogP contribution in [0, 0.1) is 0 Å². The number of nitrogens with two attached hydrogens (primary N) is 1. The summed E-state index contributed by atoms with van der Waals surface area (Å²) in [5, 5.41) is 10.4. The smallest absolute Gasteiger partial charge is 0.0681 e. The van der Waals surface area contributed by atoms with Gasteiger partial charge in [-0.1, -0.05) is 30.3 Å². The first-order chi connectivity index (χ1) is 7.70. The number of rotatable bonds is 3. The van der Waals surface area contributed by atoms with Crippen LogP contribution in [0.4, 0.5) is 0 Å². The van der Waals surface area contributed by atoms with Gasteiger partial charge >= 0.3 is 0 Å². The second-order valence-corrected chi connectivity index (χ2v) is 5.78. The fraction of sp³-hybridized carbons (Fsp3) is 0.538. The van der Waals surface area contributed by atoms with Gasteiger partial charge in [0.15, 0.2) is 0 Å². The SMILES string of the molecule is NC(CC1(O)CCSCC1)c1ccccc1. The van der Waals surface area contributed by atoms with E-state index in [4.69, 9.17) is 5.73 Å². The maximum Gasteiger partial charge on any atom is 0.0681 e. The highest BCUT2D eigenvalue weighted by atomic mass is 32.2. The lowest BCUT2D eigenvalue weighted by Gasteiger charge is -2.34. The van der Waals surface area contributed by atoms with Crippen molar-refractivity contribution in [3.8, 4) is 0 Å². The molecule has 1 aromatic rings. The summed E-state index contributed by atoms with van der Waals surface area (Å²) in [6.45, 7) is 0. The van der Waals surface area contributed by atoms with Crippen LogP contribution in [0.25, 0.3) is 0 Å². The van der Waals surface area contributed by atoms with Crippen molar-refractivity contribution in [3.05, 3.63) is 35.9 Å². The summed E-state index contributed by atoms with van der Waals surface area (Å²) in [6, 6.07) is 10.00. The molecule has 2 rings (SSSR count). The molecule has 0 radical (unpaired) electrons. The van der Waals surface area contributed by atoms with E-state index in [9.17, 15) is 5.11 Å². The Bertz CT molecular complexity index is 322. The molecule has 0 aliphatic carbocycles. The zero-order valence-corrected chi connectivity index (χ0v) is 10.2. The lowest BCUT2D eigenvalue weighted by molar-refractivity contribution is 0.0169. The van der Waals surface area contributed by atoms with Gasteiger partial charge in [0.2, 0.25) is 0 Å². The molecule has 1 saturated heterocycles. The van der Waals surface area contributed by atoms with E-state index in [1.165, 1.54) is 0 Å². The Labute approximate surface area is 101 Å². The molecule has 0 spiro atoms. The molecule has 1 fully saturated rings. The highest BCUT2D eigenvalue weighted by Gasteiger charge is 2.31. The molecule has 2 nitrogen and oxygen atoms in total. The molecule has 3 N–H and O–H groups in total. The average Bonchev–Trinajstić information content (AvgIpc) is 2.30. The van der Waals surface area contributed by atoms with Gasteiger partial charge in [-0.05, 0) is 36.3 Å². The molecule has 0 amide bonds. The topological polar surface area (TPSA) is 46.2 Å².